The maximum Gasteiger partial charge on any atom is 0.239 e. The number of nitrogens with one attached hydrogen (secondary N) is 1. The van der Waals surface area contributed by atoms with Crippen LogP contribution in [0.5, 0.6) is 0 Å². The van der Waals surface area contributed by atoms with Gasteiger partial charge in [0.05, 0.1) is 6.54 Å². The second-order valence-electron chi connectivity index (χ2n) is 7.32. The Labute approximate surface area is 132 Å². The summed E-state index contributed by atoms with van der Waals surface area (Å²) in [5.41, 5.74) is -0.171. The largest absolute Gasteiger partial charge is 0.354 e. The van der Waals surface area contributed by atoms with Gasteiger partial charge in [0, 0.05) is 43.9 Å². The highest BCUT2D eigenvalue weighted by atomic mass is 16.2. The predicted octanol–water partition coefficient (Wildman–Crippen LogP) is 0.762. The Bertz CT molecular complexity index is 456. The molecule has 3 amide bonds. The summed E-state index contributed by atoms with van der Waals surface area (Å²) in [5.74, 6) is 0.249. The summed E-state index contributed by atoms with van der Waals surface area (Å²) in [6.07, 6.45) is 2.92. The first kappa shape index (κ1) is 16.8. The van der Waals surface area contributed by atoms with E-state index in [1.807, 2.05) is 25.7 Å². The molecule has 0 aromatic carbocycles. The van der Waals surface area contributed by atoms with Crippen molar-refractivity contribution in [2.45, 2.75) is 52.0 Å². The van der Waals surface area contributed by atoms with Crippen LogP contribution in [0.25, 0.3) is 0 Å². The van der Waals surface area contributed by atoms with Gasteiger partial charge in [0.2, 0.25) is 17.7 Å². The Kier molecular flexibility index (Phi) is 5.08. The van der Waals surface area contributed by atoms with Gasteiger partial charge in [-0.2, -0.15) is 0 Å². The van der Waals surface area contributed by atoms with Crippen molar-refractivity contribution in [1.29, 1.82) is 0 Å². The Hall–Kier alpha value is -1.59. The van der Waals surface area contributed by atoms with E-state index >= 15 is 0 Å². The number of carbonyl (C=O) groups excluding carboxylic acids is 3. The van der Waals surface area contributed by atoms with Crippen molar-refractivity contribution in [3.05, 3.63) is 0 Å². The van der Waals surface area contributed by atoms with Crippen molar-refractivity contribution in [3.63, 3.8) is 0 Å². The molecule has 2 fully saturated rings. The quantitative estimate of drug-likeness (QED) is 0.833. The smallest absolute Gasteiger partial charge is 0.239 e. The van der Waals surface area contributed by atoms with Crippen molar-refractivity contribution in [2.75, 3.05) is 26.2 Å². The van der Waals surface area contributed by atoms with E-state index in [0.717, 1.165) is 12.8 Å². The molecular formula is C16H27N3O3. The zero-order valence-electron chi connectivity index (χ0n) is 13.9. The summed E-state index contributed by atoms with van der Waals surface area (Å²) in [6, 6.07) is 0. The standard InChI is InChI=1S/C16H27N3O3/c1-16(2,3)19-10-12(8-15(19)22)9-17-13(20)11-18-7-5-4-6-14(18)21/h12H,4-11H2,1-3H3,(H,17,20). The van der Waals surface area contributed by atoms with E-state index in [-0.39, 0.29) is 35.7 Å². The second-order valence-corrected chi connectivity index (χ2v) is 7.32. The van der Waals surface area contributed by atoms with Crippen LogP contribution in [0.2, 0.25) is 0 Å². The fourth-order valence-corrected chi connectivity index (χ4v) is 3.08. The van der Waals surface area contributed by atoms with Gasteiger partial charge in [-0.25, -0.2) is 0 Å². The summed E-state index contributed by atoms with van der Waals surface area (Å²) in [7, 11) is 0. The average Bonchev–Trinajstić information content (AvgIpc) is 2.80. The lowest BCUT2D eigenvalue weighted by Gasteiger charge is -2.32. The van der Waals surface area contributed by atoms with Crippen molar-refractivity contribution < 1.29 is 14.4 Å². The molecular weight excluding hydrogens is 282 g/mol. The summed E-state index contributed by atoms with van der Waals surface area (Å²) in [4.78, 5) is 39.1. The molecule has 2 saturated heterocycles. The Morgan fingerprint density at radius 1 is 1.23 bits per heavy atom. The molecule has 6 heteroatoms. The molecule has 0 aromatic rings. The number of carbonyl (C=O) groups is 3. The number of hydrogen-bond donors (Lipinski definition) is 1. The molecule has 0 radical (unpaired) electrons. The van der Waals surface area contributed by atoms with E-state index in [0.29, 0.717) is 32.5 Å². The number of amides is 3. The van der Waals surface area contributed by atoms with E-state index in [1.165, 1.54) is 0 Å². The van der Waals surface area contributed by atoms with E-state index < -0.39 is 0 Å². The van der Waals surface area contributed by atoms with E-state index in [2.05, 4.69) is 5.32 Å². The van der Waals surface area contributed by atoms with Gasteiger partial charge < -0.3 is 15.1 Å². The molecule has 1 N–H and O–H groups in total. The first-order valence-corrected chi connectivity index (χ1v) is 8.12. The average molecular weight is 309 g/mol. The fourth-order valence-electron chi connectivity index (χ4n) is 3.08. The first-order chi connectivity index (χ1) is 10.3. The molecule has 2 rings (SSSR count). The summed E-state index contributed by atoms with van der Waals surface area (Å²) in [6.45, 7) is 8.06. The topological polar surface area (TPSA) is 69.7 Å². The van der Waals surface area contributed by atoms with Gasteiger partial charge in [0.1, 0.15) is 0 Å². The van der Waals surface area contributed by atoms with Crippen molar-refractivity contribution in [3.8, 4) is 0 Å². The van der Waals surface area contributed by atoms with Gasteiger partial charge in [-0.05, 0) is 33.6 Å². The number of nitrogens with zero attached hydrogens (tertiary/aromatic N) is 2. The molecule has 0 saturated carbocycles. The van der Waals surface area contributed by atoms with Crippen molar-refractivity contribution >= 4 is 17.7 Å². The minimum atomic E-state index is -0.171. The summed E-state index contributed by atoms with van der Waals surface area (Å²) in [5, 5.41) is 2.87. The second kappa shape index (κ2) is 6.67. The monoisotopic (exact) mass is 309 g/mol. The molecule has 0 bridgehead atoms. The number of likely N-dealkylation sites (tertiary alicyclic amines) is 2. The minimum absolute atomic E-state index is 0.0661. The maximum atomic E-state index is 12.0. The molecule has 1 atom stereocenters. The van der Waals surface area contributed by atoms with Crippen LogP contribution >= 0.6 is 0 Å². The molecule has 2 aliphatic heterocycles. The van der Waals surface area contributed by atoms with Crippen LogP contribution in [0.15, 0.2) is 0 Å². The number of rotatable bonds is 4. The zero-order valence-corrected chi connectivity index (χ0v) is 13.9. The highest BCUT2D eigenvalue weighted by Crippen LogP contribution is 2.25. The first-order valence-electron chi connectivity index (χ1n) is 8.12. The molecule has 6 nitrogen and oxygen atoms in total. The maximum absolute atomic E-state index is 12.0. The molecule has 2 heterocycles. The lowest BCUT2D eigenvalue weighted by Crippen LogP contribution is -2.45. The predicted molar refractivity (Wildman–Crippen MR) is 83.0 cm³/mol. The van der Waals surface area contributed by atoms with Crippen molar-refractivity contribution in [1.82, 2.24) is 15.1 Å². The van der Waals surface area contributed by atoms with Crippen LogP contribution < -0.4 is 5.32 Å². The molecule has 0 spiro atoms. The van der Waals surface area contributed by atoms with Crippen molar-refractivity contribution in [2.24, 2.45) is 5.92 Å². The highest BCUT2D eigenvalue weighted by Gasteiger charge is 2.36. The van der Waals surface area contributed by atoms with Crippen LogP contribution in [-0.2, 0) is 14.4 Å². The molecule has 1 unspecified atom stereocenters. The van der Waals surface area contributed by atoms with Crippen LogP contribution in [0, 0.1) is 5.92 Å². The number of piperidine rings is 1. The molecule has 22 heavy (non-hydrogen) atoms. The fraction of sp³-hybridized carbons (Fsp3) is 0.812. The van der Waals surface area contributed by atoms with Gasteiger partial charge >= 0.3 is 0 Å². The third-order valence-electron chi connectivity index (χ3n) is 4.36. The van der Waals surface area contributed by atoms with Gasteiger partial charge in [0.25, 0.3) is 0 Å². The molecule has 124 valence electrons. The van der Waals surface area contributed by atoms with Gasteiger partial charge in [-0.1, -0.05) is 0 Å². The van der Waals surface area contributed by atoms with Gasteiger partial charge in [-0.15, -0.1) is 0 Å². The molecule has 0 aliphatic carbocycles. The van der Waals surface area contributed by atoms with E-state index in [9.17, 15) is 14.4 Å². The van der Waals surface area contributed by atoms with Crippen LogP contribution in [0.1, 0.15) is 46.5 Å². The molecule has 2 aliphatic rings. The zero-order chi connectivity index (χ0) is 16.3. The molecule has 0 aromatic heterocycles. The van der Waals surface area contributed by atoms with Crippen LogP contribution in [0.3, 0.4) is 0 Å². The van der Waals surface area contributed by atoms with E-state index in [4.69, 9.17) is 0 Å². The Balaban J connectivity index is 1.75. The van der Waals surface area contributed by atoms with Gasteiger partial charge in [0.15, 0.2) is 0 Å². The Morgan fingerprint density at radius 3 is 2.55 bits per heavy atom. The third kappa shape index (κ3) is 4.21. The number of hydrogen-bond acceptors (Lipinski definition) is 3. The lowest BCUT2D eigenvalue weighted by atomic mass is 10.1. The summed E-state index contributed by atoms with van der Waals surface area (Å²) >= 11 is 0. The Morgan fingerprint density at radius 2 is 1.95 bits per heavy atom. The van der Waals surface area contributed by atoms with E-state index in [1.54, 1.807) is 4.90 Å². The van der Waals surface area contributed by atoms with Crippen LogP contribution in [-0.4, -0.2) is 59.2 Å². The highest BCUT2D eigenvalue weighted by molar-refractivity contribution is 5.85. The van der Waals surface area contributed by atoms with Gasteiger partial charge in [-0.3, -0.25) is 14.4 Å². The third-order valence-corrected chi connectivity index (χ3v) is 4.36. The SMILES string of the molecule is CC(C)(C)N1CC(CNC(=O)CN2CCCCC2=O)CC1=O. The van der Waals surface area contributed by atoms with Crippen LogP contribution in [0.4, 0.5) is 0 Å². The minimum Gasteiger partial charge on any atom is -0.354 e. The summed E-state index contributed by atoms with van der Waals surface area (Å²) < 4.78 is 0. The normalized spacial score (nSPS) is 23.1. The lowest BCUT2D eigenvalue weighted by molar-refractivity contribution is -0.137.